The average molecular weight is 403 g/mol. The van der Waals surface area contributed by atoms with Gasteiger partial charge in [0.2, 0.25) is 5.91 Å². The van der Waals surface area contributed by atoms with Crippen molar-refractivity contribution < 1.29 is 9.18 Å². The molecular weight excluding hydrogens is 385 g/mol. The molecular formula is C23H18FN3OS. The molecule has 1 aliphatic rings. The Balaban J connectivity index is 1.51. The van der Waals surface area contributed by atoms with Gasteiger partial charge in [0, 0.05) is 12.1 Å². The number of para-hydroxylation sites is 2. The van der Waals surface area contributed by atoms with Crippen molar-refractivity contribution in [2.45, 2.75) is 6.42 Å². The normalized spacial score (nSPS) is 13.0. The number of fused-ring (bicyclic) bond motifs is 1. The highest BCUT2D eigenvalue weighted by atomic mass is 32.2. The van der Waals surface area contributed by atoms with Crippen LogP contribution in [-0.2, 0) is 4.79 Å². The van der Waals surface area contributed by atoms with Gasteiger partial charge in [-0.2, -0.15) is 0 Å². The molecule has 0 aromatic heterocycles. The lowest BCUT2D eigenvalue weighted by molar-refractivity contribution is -0.113. The fourth-order valence-electron chi connectivity index (χ4n) is 2.95. The van der Waals surface area contributed by atoms with E-state index in [1.807, 2.05) is 54.6 Å². The van der Waals surface area contributed by atoms with Crippen LogP contribution in [-0.4, -0.2) is 22.4 Å². The maximum absolute atomic E-state index is 13.3. The number of halogens is 1. The molecule has 0 radical (unpaired) electrons. The van der Waals surface area contributed by atoms with E-state index >= 15 is 0 Å². The second-order valence-electron chi connectivity index (χ2n) is 6.44. The van der Waals surface area contributed by atoms with Crippen LogP contribution in [0, 0.1) is 5.82 Å². The summed E-state index contributed by atoms with van der Waals surface area (Å²) in [6.45, 7) is 0. The van der Waals surface area contributed by atoms with Crippen LogP contribution >= 0.6 is 11.8 Å². The van der Waals surface area contributed by atoms with Crippen LogP contribution in [0.5, 0.6) is 0 Å². The van der Waals surface area contributed by atoms with Gasteiger partial charge in [-0.1, -0.05) is 48.5 Å². The van der Waals surface area contributed by atoms with Gasteiger partial charge in [-0.3, -0.25) is 9.79 Å². The number of carbonyl (C=O) groups excluding carboxylic acids is 1. The molecule has 0 saturated carbocycles. The van der Waals surface area contributed by atoms with E-state index in [0.29, 0.717) is 12.1 Å². The molecule has 0 fully saturated rings. The molecule has 3 aromatic carbocycles. The van der Waals surface area contributed by atoms with Gasteiger partial charge in [0.25, 0.3) is 0 Å². The molecule has 0 spiro atoms. The van der Waals surface area contributed by atoms with Crippen molar-refractivity contribution in [2.75, 3.05) is 11.1 Å². The van der Waals surface area contributed by atoms with Crippen LogP contribution in [0.2, 0.25) is 0 Å². The lowest BCUT2D eigenvalue weighted by atomic mass is 10.1. The minimum atomic E-state index is -0.385. The molecule has 1 heterocycles. The number of rotatable bonds is 4. The second-order valence-corrected chi connectivity index (χ2v) is 7.49. The number of thioether (sulfide) groups is 1. The lowest BCUT2D eigenvalue weighted by Gasteiger charge is -2.08. The predicted molar refractivity (Wildman–Crippen MR) is 118 cm³/mol. The molecule has 4 rings (SSSR count). The number of benzene rings is 3. The summed E-state index contributed by atoms with van der Waals surface area (Å²) in [5.41, 5.74) is 3.97. The first-order chi connectivity index (χ1) is 14.2. The SMILES string of the molecule is O=C(CSC1=Nc2ccccc2N=C(c2ccccc2)C1)Nc1cccc(F)c1. The molecule has 4 nitrogen and oxygen atoms in total. The summed E-state index contributed by atoms with van der Waals surface area (Å²) in [5.74, 6) is -0.414. The molecule has 1 amide bonds. The van der Waals surface area contributed by atoms with Gasteiger partial charge in [-0.15, -0.1) is 11.8 Å². The van der Waals surface area contributed by atoms with Crippen LogP contribution in [0.25, 0.3) is 0 Å². The standard InChI is InChI=1S/C23H18FN3OS/c24-17-9-6-10-18(13-17)25-22(28)15-29-23-14-21(16-7-2-1-3-8-16)26-19-11-4-5-12-20(19)27-23/h1-13H,14-15H2,(H,25,28). The lowest BCUT2D eigenvalue weighted by Crippen LogP contribution is -2.16. The Labute approximate surface area is 172 Å². The molecule has 0 aliphatic carbocycles. The molecule has 0 saturated heterocycles. The van der Waals surface area contributed by atoms with Crippen molar-refractivity contribution in [2.24, 2.45) is 9.98 Å². The molecule has 29 heavy (non-hydrogen) atoms. The molecule has 3 aromatic rings. The summed E-state index contributed by atoms with van der Waals surface area (Å²) in [6.07, 6.45) is 0.538. The first-order valence-electron chi connectivity index (χ1n) is 9.15. The Bertz CT molecular complexity index is 1100. The van der Waals surface area contributed by atoms with E-state index in [9.17, 15) is 9.18 Å². The maximum Gasteiger partial charge on any atom is 0.234 e. The molecule has 144 valence electrons. The van der Waals surface area contributed by atoms with E-state index in [2.05, 4.69) is 5.32 Å². The highest BCUT2D eigenvalue weighted by molar-refractivity contribution is 8.14. The first kappa shape index (κ1) is 19.1. The van der Waals surface area contributed by atoms with Crippen molar-refractivity contribution >= 4 is 45.5 Å². The summed E-state index contributed by atoms with van der Waals surface area (Å²) in [6, 6.07) is 23.5. The van der Waals surface area contributed by atoms with Crippen LogP contribution in [0.4, 0.5) is 21.5 Å². The van der Waals surface area contributed by atoms with Gasteiger partial charge in [0.05, 0.1) is 27.9 Å². The second kappa shape index (κ2) is 8.84. The zero-order valence-electron chi connectivity index (χ0n) is 15.5. The zero-order valence-corrected chi connectivity index (χ0v) is 16.3. The number of hydrogen-bond donors (Lipinski definition) is 1. The number of amides is 1. The quantitative estimate of drug-likeness (QED) is 0.603. The third-order valence-corrected chi connectivity index (χ3v) is 5.26. The van der Waals surface area contributed by atoms with E-state index in [1.54, 1.807) is 12.1 Å². The molecule has 1 aliphatic heterocycles. The van der Waals surface area contributed by atoms with Crippen molar-refractivity contribution in [1.29, 1.82) is 0 Å². The highest BCUT2D eigenvalue weighted by Gasteiger charge is 2.16. The smallest absolute Gasteiger partial charge is 0.234 e. The maximum atomic E-state index is 13.3. The Morgan fingerprint density at radius 1 is 0.931 bits per heavy atom. The number of anilines is 1. The Hall–Kier alpha value is -3.25. The van der Waals surface area contributed by atoms with Crippen LogP contribution in [0.1, 0.15) is 12.0 Å². The van der Waals surface area contributed by atoms with E-state index in [-0.39, 0.29) is 17.5 Å². The summed E-state index contributed by atoms with van der Waals surface area (Å²) in [7, 11) is 0. The largest absolute Gasteiger partial charge is 0.325 e. The van der Waals surface area contributed by atoms with E-state index in [0.717, 1.165) is 27.7 Å². The van der Waals surface area contributed by atoms with Gasteiger partial charge >= 0.3 is 0 Å². The summed E-state index contributed by atoms with van der Waals surface area (Å²) >= 11 is 1.37. The molecule has 6 heteroatoms. The molecule has 0 unspecified atom stereocenters. The van der Waals surface area contributed by atoms with Gasteiger partial charge in [-0.25, -0.2) is 9.38 Å². The third-order valence-electron chi connectivity index (χ3n) is 4.29. The minimum absolute atomic E-state index is 0.180. The van der Waals surface area contributed by atoms with Crippen molar-refractivity contribution in [3.05, 3.63) is 90.2 Å². The number of aliphatic imine (C=N–C) groups is 2. The van der Waals surface area contributed by atoms with Crippen molar-refractivity contribution in [3.8, 4) is 0 Å². The summed E-state index contributed by atoms with van der Waals surface area (Å²) in [4.78, 5) is 21.9. The van der Waals surface area contributed by atoms with Gasteiger partial charge < -0.3 is 5.32 Å². The van der Waals surface area contributed by atoms with E-state index < -0.39 is 0 Å². The van der Waals surface area contributed by atoms with Crippen LogP contribution < -0.4 is 5.32 Å². The zero-order chi connectivity index (χ0) is 20.1. The topological polar surface area (TPSA) is 53.8 Å². The first-order valence-corrected chi connectivity index (χ1v) is 10.1. The van der Waals surface area contributed by atoms with E-state index in [1.165, 1.54) is 23.9 Å². The van der Waals surface area contributed by atoms with Crippen LogP contribution in [0.3, 0.4) is 0 Å². The monoisotopic (exact) mass is 403 g/mol. The number of nitrogens with one attached hydrogen (secondary N) is 1. The van der Waals surface area contributed by atoms with E-state index in [4.69, 9.17) is 9.98 Å². The highest BCUT2D eigenvalue weighted by Crippen LogP contribution is 2.33. The molecule has 0 bridgehead atoms. The molecule has 1 N–H and O–H groups in total. The molecule has 0 atom stereocenters. The van der Waals surface area contributed by atoms with Gasteiger partial charge in [-0.05, 0) is 35.9 Å². The fourth-order valence-corrected chi connectivity index (χ4v) is 3.72. The predicted octanol–water partition coefficient (Wildman–Crippen LogP) is 5.75. The fraction of sp³-hybridized carbons (Fsp3) is 0.0870. The van der Waals surface area contributed by atoms with Gasteiger partial charge in [0.1, 0.15) is 5.82 Å². The Kier molecular flexibility index (Phi) is 5.81. The average Bonchev–Trinajstić information content (AvgIpc) is 2.92. The van der Waals surface area contributed by atoms with Crippen LogP contribution in [0.15, 0.2) is 88.8 Å². The summed E-state index contributed by atoms with van der Waals surface area (Å²) in [5, 5.41) is 3.53. The third kappa shape index (κ3) is 4.97. The van der Waals surface area contributed by atoms with Crippen molar-refractivity contribution in [1.82, 2.24) is 0 Å². The number of nitrogens with zero attached hydrogens (tertiary/aromatic N) is 2. The summed E-state index contributed by atoms with van der Waals surface area (Å²) < 4.78 is 13.3. The van der Waals surface area contributed by atoms with Gasteiger partial charge in [0.15, 0.2) is 0 Å². The number of carbonyl (C=O) groups is 1. The minimum Gasteiger partial charge on any atom is -0.325 e. The Morgan fingerprint density at radius 2 is 1.66 bits per heavy atom. The number of hydrogen-bond acceptors (Lipinski definition) is 4. The Morgan fingerprint density at radius 3 is 2.41 bits per heavy atom. The van der Waals surface area contributed by atoms with Crippen molar-refractivity contribution in [3.63, 3.8) is 0 Å².